The van der Waals surface area contributed by atoms with Gasteiger partial charge in [-0.05, 0) is 53.4 Å². The van der Waals surface area contributed by atoms with Crippen molar-refractivity contribution in [2.75, 3.05) is 18.8 Å². The van der Waals surface area contributed by atoms with E-state index in [0.717, 1.165) is 30.4 Å². The summed E-state index contributed by atoms with van der Waals surface area (Å²) in [7, 11) is 0. The Morgan fingerprint density at radius 2 is 1.94 bits per heavy atom. The Morgan fingerprint density at radius 1 is 1.25 bits per heavy atom. The van der Waals surface area contributed by atoms with Gasteiger partial charge in [0.05, 0.1) is 5.56 Å². The van der Waals surface area contributed by atoms with Crippen LogP contribution in [0, 0.1) is 0 Å². The van der Waals surface area contributed by atoms with E-state index in [-0.39, 0.29) is 5.91 Å². The number of nitrogen functional groups attached to an aromatic ring is 1. The zero-order valence-electron chi connectivity index (χ0n) is 9.08. The number of carbonyl (C=O) groups excluding carboxylic acids is 1. The van der Waals surface area contributed by atoms with Crippen molar-refractivity contribution >= 4 is 27.5 Å². The van der Waals surface area contributed by atoms with Gasteiger partial charge in [-0.2, -0.15) is 0 Å². The molecular weight excluding hydrogens is 268 g/mol. The van der Waals surface area contributed by atoms with E-state index in [9.17, 15) is 4.79 Å². The number of piperidine rings is 1. The number of nitrogens with two attached hydrogens (primary N) is 1. The molecule has 1 aromatic carbocycles. The molecule has 0 radical (unpaired) electrons. The molecule has 1 aliphatic heterocycles. The normalized spacial score (nSPS) is 16.2. The summed E-state index contributed by atoms with van der Waals surface area (Å²) in [6.45, 7) is 1.72. The molecule has 16 heavy (non-hydrogen) atoms. The number of rotatable bonds is 1. The highest BCUT2D eigenvalue weighted by atomic mass is 79.9. The maximum Gasteiger partial charge on any atom is 0.255 e. The molecule has 86 valence electrons. The number of hydrogen-bond donors (Lipinski definition) is 1. The van der Waals surface area contributed by atoms with Crippen molar-refractivity contribution in [2.24, 2.45) is 0 Å². The van der Waals surface area contributed by atoms with E-state index in [1.165, 1.54) is 6.42 Å². The molecule has 1 aromatic rings. The van der Waals surface area contributed by atoms with Crippen molar-refractivity contribution in [1.29, 1.82) is 0 Å². The van der Waals surface area contributed by atoms with Crippen LogP contribution in [0.1, 0.15) is 29.6 Å². The van der Waals surface area contributed by atoms with Crippen LogP contribution in [0.15, 0.2) is 22.7 Å². The number of hydrogen-bond acceptors (Lipinski definition) is 2. The lowest BCUT2D eigenvalue weighted by Gasteiger charge is -2.27. The zero-order chi connectivity index (χ0) is 11.5. The fraction of sp³-hybridized carbons (Fsp3) is 0.417. The van der Waals surface area contributed by atoms with Crippen molar-refractivity contribution in [1.82, 2.24) is 4.90 Å². The van der Waals surface area contributed by atoms with Crippen LogP contribution in [0.4, 0.5) is 5.69 Å². The first kappa shape index (κ1) is 11.5. The molecule has 1 saturated heterocycles. The molecule has 1 fully saturated rings. The van der Waals surface area contributed by atoms with Gasteiger partial charge in [0, 0.05) is 23.2 Å². The van der Waals surface area contributed by atoms with Crippen molar-refractivity contribution in [3.63, 3.8) is 0 Å². The summed E-state index contributed by atoms with van der Waals surface area (Å²) in [5.74, 6) is 0.0823. The lowest BCUT2D eigenvalue weighted by Crippen LogP contribution is -2.35. The molecule has 1 aliphatic rings. The average molecular weight is 283 g/mol. The molecule has 0 bridgehead atoms. The van der Waals surface area contributed by atoms with Crippen molar-refractivity contribution in [3.8, 4) is 0 Å². The van der Waals surface area contributed by atoms with Crippen molar-refractivity contribution in [2.45, 2.75) is 19.3 Å². The van der Waals surface area contributed by atoms with Crippen LogP contribution in [-0.4, -0.2) is 23.9 Å². The van der Waals surface area contributed by atoms with Crippen LogP contribution >= 0.6 is 15.9 Å². The number of amides is 1. The molecule has 1 amide bonds. The van der Waals surface area contributed by atoms with Crippen LogP contribution < -0.4 is 5.73 Å². The molecule has 0 atom stereocenters. The highest BCUT2D eigenvalue weighted by Crippen LogP contribution is 2.22. The molecule has 0 unspecified atom stereocenters. The second kappa shape index (κ2) is 4.87. The summed E-state index contributed by atoms with van der Waals surface area (Å²) in [4.78, 5) is 14.1. The van der Waals surface area contributed by atoms with Gasteiger partial charge in [-0.25, -0.2) is 0 Å². The molecule has 0 aliphatic carbocycles. The smallest absolute Gasteiger partial charge is 0.255 e. The van der Waals surface area contributed by atoms with Crippen LogP contribution in [0.2, 0.25) is 0 Å². The van der Waals surface area contributed by atoms with E-state index in [1.54, 1.807) is 12.1 Å². The number of halogens is 1. The summed E-state index contributed by atoms with van der Waals surface area (Å²) in [5.41, 5.74) is 7.00. The molecule has 0 saturated carbocycles. The number of carbonyl (C=O) groups is 1. The first-order valence-electron chi connectivity index (χ1n) is 5.53. The van der Waals surface area contributed by atoms with Crippen molar-refractivity contribution < 1.29 is 4.79 Å². The van der Waals surface area contributed by atoms with Crippen molar-refractivity contribution in [3.05, 3.63) is 28.2 Å². The summed E-state index contributed by atoms with van der Waals surface area (Å²) < 4.78 is 0.817. The number of nitrogens with zero attached hydrogens (tertiary/aromatic N) is 1. The minimum absolute atomic E-state index is 0.0823. The Hall–Kier alpha value is -1.03. The van der Waals surface area contributed by atoms with Gasteiger partial charge in [0.1, 0.15) is 0 Å². The number of anilines is 1. The predicted octanol–water partition coefficient (Wildman–Crippen LogP) is 2.66. The van der Waals surface area contributed by atoms with Gasteiger partial charge in [0.15, 0.2) is 0 Å². The predicted molar refractivity (Wildman–Crippen MR) is 68.3 cm³/mol. The Labute approximate surface area is 104 Å². The topological polar surface area (TPSA) is 46.3 Å². The molecule has 2 N–H and O–H groups in total. The quantitative estimate of drug-likeness (QED) is 0.805. The van der Waals surface area contributed by atoms with Crippen LogP contribution in [-0.2, 0) is 0 Å². The van der Waals surface area contributed by atoms with Gasteiger partial charge < -0.3 is 10.6 Å². The Kier molecular flexibility index (Phi) is 3.49. The van der Waals surface area contributed by atoms with E-state index in [2.05, 4.69) is 15.9 Å². The second-order valence-corrected chi connectivity index (χ2v) is 4.95. The van der Waals surface area contributed by atoms with Crippen LogP contribution in [0.3, 0.4) is 0 Å². The maximum absolute atomic E-state index is 12.2. The fourth-order valence-electron chi connectivity index (χ4n) is 1.97. The molecule has 4 heteroatoms. The zero-order valence-corrected chi connectivity index (χ0v) is 10.7. The third-order valence-electron chi connectivity index (χ3n) is 2.86. The molecule has 3 nitrogen and oxygen atoms in total. The molecular formula is C12H15BrN2O. The lowest BCUT2D eigenvalue weighted by atomic mass is 10.1. The summed E-state index contributed by atoms with van der Waals surface area (Å²) in [5, 5.41) is 0. The average Bonchev–Trinajstić information content (AvgIpc) is 2.32. The highest BCUT2D eigenvalue weighted by molar-refractivity contribution is 9.10. The van der Waals surface area contributed by atoms with Gasteiger partial charge in [0.25, 0.3) is 5.91 Å². The van der Waals surface area contributed by atoms with Crippen LogP contribution in [0.25, 0.3) is 0 Å². The number of likely N-dealkylation sites (tertiary alicyclic amines) is 1. The van der Waals surface area contributed by atoms with Gasteiger partial charge in [0.2, 0.25) is 0 Å². The first-order valence-corrected chi connectivity index (χ1v) is 6.32. The monoisotopic (exact) mass is 282 g/mol. The molecule has 1 heterocycles. The minimum Gasteiger partial charge on any atom is -0.399 e. The van der Waals surface area contributed by atoms with E-state index < -0.39 is 0 Å². The Balaban J connectivity index is 2.22. The van der Waals surface area contributed by atoms with E-state index in [1.807, 2.05) is 11.0 Å². The third-order valence-corrected chi connectivity index (χ3v) is 3.56. The van der Waals surface area contributed by atoms with Crippen LogP contribution in [0.5, 0.6) is 0 Å². The summed E-state index contributed by atoms with van der Waals surface area (Å²) in [6, 6.07) is 5.35. The Bertz CT molecular complexity index is 400. The van der Waals surface area contributed by atoms with Gasteiger partial charge in [-0.1, -0.05) is 0 Å². The van der Waals surface area contributed by atoms with E-state index in [4.69, 9.17) is 5.73 Å². The largest absolute Gasteiger partial charge is 0.399 e. The van der Waals surface area contributed by atoms with E-state index >= 15 is 0 Å². The van der Waals surface area contributed by atoms with Gasteiger partial charge >= 0.3 is 0 Å². The summed E-state index contributed by atoms with van der Waals surface area (Å²) >= 11 is 3.39. The highest BCUT2D eigenvalue weighted by Gasteiger charge is 2.20. The molecule has 0 aromatic heterocycles. The maximum atomic E-state index is 12.2. The SMILES string of the molecule is Nc1ccc(Br)c(C(=O)N2CCCCC2)c1. The van der Waals surface area contributed by atoms with Gasteiger partial charge in [-0.3, -0.25) is 4.79 Å². The lowest BCUT2D eigenvalue weighted by molar-refractivity contribution is 0.0723. The third kappa shape index (κ3) is 2.38. The standard InChI is InChI=1S/C12H15BrN2O/c13-11-5-4-9(14)8-10(11)12(16)15-6-2-1-3-7-15/h4-5,8H,1-3,6-7,14H2. The molecule has 2 rings (SSSR count). The molecule has 0 spiro atoms. The Morgan fingerprint density at radius 3 is 2.62 bits per heavy atom. The van der Waals surface area contributed by atoms with E-state index in [0.29, 0.717) is 11.3 Å². The fourth-order valence-corrected chi connectivity index (χ4v) is 2.39. The number of benzene rings is 1. The van der Waals surface area contributed by atoms with Gasteiger partial charge in [-0.15, -0.1) is 0 Å². The first-order chi connectivity index (χ1) is 7.68. The second-order valence-electron chi connectivity index (χ2n) is 4.09. The minimum atomic E-state index is 0.0823. The summed E-state index contributed by atoms with van der Waals surface area (Å²) in [6.07, 6.45) is 3.43.